The standard InChI is InChI=1S/C23H31N5O3/c1-16(22(31)27-14-13-26-11-4-5-17(26)15-27)28-12-10-23(9-8-20(28)29)24-19-7-3-2-6-18(19)21(30)25-23/h2-3,6-7,16-17,24H,4-5,8-15H2,1H3,(H,25,30). The summed E-state index contributed by atoms with van der Waals surface area (Å²) in [5.41, 5.74) is 0.759. The number of nitrogens with zero attached hydrogens (tertiary/aromatic N) is 3. The monoisotopic (exact) mass is 425 g/mol. The van der Waals surface area contributed by atoms with Crippen LogP contribution in [0.4, 0.5) is 5.69 Å². The topological polar surface area (TPSA) is 85.0 Å². The van der Waals surface area contributed by atoms with Crippen molar-refractivity contribution in [3.05, 3.63) is 29.8 Å². The lowest BCUT2D eigenvalue weighted by molar-refractivity contribution is -0.146. The van der Waals surface area contributed by atoms with Crippen molar-refractivity contribution in [2.75, 3.05) is 38.0 Å². The van der Waals surface area contributed by atoms with Gasteiger partial charge in [0.05, 0.1) is 5.56 Å². The molecule has 1 aromatic carbocycles. The third-order valence-electron chi connectivity index (χ3n) is 7.49. The number of hydrogen-bond acceptors (Lipinski definition) is 5. The van der Waals surface area contributed by atoms with Crippen LogP contribution in [0.2, 0.25) is 0 Å². The molecule has 1 spiro atoms. The number of piperazine rings is 1. The van der Waals surface area contributed by atoms with Gasteiger partial charge in [0.25, 0.3) is 5.91 Å². The van der Waals surface area contributed by atoms with E-state index in [4.69, 9.17) is 0 Å². The van der Waals surface area contributed by atoms with Crippen LogP contribution in [0.1, 0.15) is 49.4 Å². The van der Waals surface area contributed by atoms with E-state index in [1.54, 1.807) is 11.0 Å². The maximum atomic E-state index is 13.3. The maximum absolute atomic E-state index is 13.3. The van der Waals surface area contributed by atoms with Gasteiger partial charge in [0, 0.05) is 50.7 Å². The molecule has 0 saturated carbocycles. The molecule has 3 fully saturated rings. The van der Waals surface area contributed by atoms with Crippen molar-refractivity contribution in [2.24, 2.45) is 0 Å². The number of fused-ring (bicyclic) bond motifs is 2. The fourth-order valence-electron chi connectivity index (χ4n) is 5.64. The molecule has 0 bridgehead atoms. The lowest BCUT2D eigenvalue weighted by atomic mass is 9.95. The minimum absolute atomic E-state index is 0.0212. The molecular formula is C23H31N5O3. The summed E-state index contributed by atoms with van der Waals surface area (Å²) in [6.07, 6.45) is 3.72. The Bertz CT molecular complexity index is 905. The van der Waals surface area contributed by atoms with E-state index in [0.29, 0.717) is 37.4 Å². The van der Waals surface area contributed by atoms with E-state index in [1.165, 1.54) is 6.42 Å². The van der Waals surface area contributed by atoms with Gasteiger partial charge in [0.15, 0.2) is 0 Å². The van der Waals surface area contributed by atoms with Gasteiger partial charge in [-0.25, -0.2) is 0 Å². The number of benzene rings is 1. The van der Waals surface area contributed by atoms with Gasteiger partial charge < -0.3 is 20.4 Å². The molecule has 31 heavy (non-hydrogen) atoms. The van der Waals surface area contributed by atoms with E-state index in [2.05, 4.69) is 15.5 Å². The van der Waals surface area contributed by atoms with Crippen molar-refractivity contribution in [2.45, 2.75) is 56.8 Å². The minimum Gasteiger partial charge on any atom is -0.362 e. The molecule has 3 atom stereocenters. The second-order valence-corrected chi connectivity index (χ2v) is 9.34. The maximum Gasteiger partial charge on any atom is 0.255 e. The van der Waals surface area contributed by atoms with Gasteiger partial charge in [0.2, 0.25) is 11.8 Å². The highest BCUT2D eigenvalue weighted by Gasteiger charge is 2.43. The number of likely N-dealkylation sites (tertiary alicyclic amines) is 1. The number of hydrogen-bond donors (Lipinski definition) is 2. The number of rotatable bonds is 2. The van der Waals surface area contributed by atoms with Crippen LogP contribution in [-0.2, 0) is 9.59 Å². The van der Waals surface area contributed by atoms with Gasteiger partial charge in [-0.05, 0) is 44.9 Å². The first-order chi connectivity index (χ1) is 15.0. The third-order valence-corrected chi connectivity index (χ3v) is 7.49. The van der Waals surface area contributed by atoms with Crippen molar-refractivity contribution in [3.63, 3.8) is 0 Å². The molecule has 5 rings (SSSR count). The van der Waals surface area contributed by atoms with Crippen molar-refractivity contribution in [1.82, 2.24) is 20.0 Å². The number of carbonyl (C=O) groups is 3. The zero-order valence-corrected chi connectivity index (χ0v) is 18.1. The summed E-state index contributed by atoms with van der Waals surface area (Å²) in [5, 5.41) is 6.56. The predicted molar refractivity (Wildman–Crippen MR) is 116 cm³/mol. The average molecular weight is 426 g/mol. The lowest BCUT2D eigenvalue weighted by Gasteiger charge is -2.41. The molecule has 4 aliphatic rings. The first-order valence-corrected chi connectivity index (χ1v) is 11.5. The molecule has 2 N–H and O–H groups in total. The number of para-hydroxylation sites is 1. The van der Waals surface area contributed by atoms with Crippen molar-refractivity contribution in [3.8, 4) is 0 Å². The van der Waals surface area contributed by atoms with Crippen molar-refractivity contribution in [1.29, 1.82) is 0 Å². The second kappa shape index (κ2) is 7.82. The Balaban J connectivity index is 1.28. The van der Waals surface area contributed by atoms with Crippen molar-refractivity contribution >= 4 is 23.4 Å². The number of amides is 3. The summed E-state index contributed by atoms with van der Waals surface area (Å²) in [4.78, 5) is 45.0. The number of carbonyl (C=O) groups excluding carboxylic acids is 3. The Kier molecular flexibility index (Phi) is 5.12. The summed E-state index contributed by atoms with van der Waals surface area (Å²) < 4.78 is 0. The molecule has 0 aromatic heterocycles. The first kappa shape index (κ1) is 20.3. The molecule has 4 aliphatic heterocycles. The van der Waals surface area contributed by atoms with Gasteiger partial charge in [-0.1, -0.05) is 12.1 Å². The van der Waals surface area contributed by atoms with E-state index < -0.39 is 11.7 Å². The van der Waals surface area contributed by atoms with Gasteiger partial charge >= 0.3 is 0 Å². The van der Waals surface area contributed by atoms with E-state index in [0.717, 1.165) is 38.3 Å². The SMILES string of the molecule is CC(C(=O)N1CCN2CCCC2C1)N1CCC2(CCC1=O)NC(=O)c1ccccc1N2. The van der Waals surface area contributed by atoms with Crippen LogP contribution in [-0.4, -0.2) is 82.9 Å². The zero-order chi connectivity index (χ0) is 21.6. The number of nitrogens with one attached hydrogen (secondary N) is 2. The van der Waals surface area contributed by atoms with Gasteiger partial charge in [0.1, 0.15) is 11.7 Å². The van der Waals surface area contributed by atoms with Crippen LogP contribution < -0.4 is 10.6 Å². The van der Waals surface area contributed by atoms with Crippen LogP contribution >= 0.6 is 0 Å². The van der Waals surface area contributed by atoms with Crippen LogP contribution in [0.3, 0.4) is 0 Å². The lowest BCUT2D eigenvalue weighted by Crippen LogP contribution is -2.58. The molecule has 3 saturated heterocycles. The summed E-state index contributed by atoms with van der Waals surface area (Å²) in [7, 11) is 0. The summed E-state index contributed by atoms with van der Waals surface area (Å²) in [6.45, 7) is 5.85. The first-order valence-electron chi connectivity index (χ1n) is 11.5. The largest absolute Gasteiger partial charge is 0.362 e. The molecular weight excluding hydrogens is 394 g/mol. The van der Waals surface area contributed by atoms with Gasteiger partial charge in [-0.3, -0.25) is 19.3 Å². The van der Waals surface area contributed by atoms with E-state index >= 15 is 0 Å². The Morgan fingerprint density at radius 3 is 2.81 bits per heavy atom. The quantitative estimate of drug-likeness (QED) is 0.745. The molecule has 8 nitrogen and oxygen atoms in total. The summed E-state index contributed by atoms with van der Waals surface area (Å²) in [5.74, 6) is -0.0947. The van der Waals surface area contributed by atoms with Gasteiger partial charge in [-0.2, -0.15) is 0 Å². The predicted octanol–water partition coefficient (Wildman–Crippen LogP) is 1.25. The Morgan fingerprint density at radius 2 is 1.94 bits per heavy atom. The fourth-order valence-corrected chi connectivity index (χ4v) is 5.64. The summed E-state index contributed by atoms with van der Waals surface area (Å²) >= 11 is 0. The van der Waals surface area contributed by atoms with Crippen LogP contribution in [0.5, 0.6) is 0 Å². The molecule has 0 radical (unpaired) electrons. The minimum atomic E-state index is -0.659. The molecule has 166 valence electrons. The Labute approximate surface area is 182 Å². The van der Waals surface area contributed by atoms with Crippen LogP contribution in [0, 0.1) is 0 Å². The average Bonchev–Trinajstić information content (AvgIpc) is 3.19. The highest BCUT2D eigenvalue weighted by atomic mass is 16.2. The van der Waals surface area contributed by atoms with E-state index in [-0.39, 0.29) is 17.7 Å². The van der Waals surface area contributed by atoms with Crippen LogP contribution in [0.15, 0.2) is 24.3 Å². The van der Waals surface area contributed by atoms with E-state index in [1.807, 2.05) is 30.0 Å². The molecule has 4 heterocycles. The normalized spacial score (nSPS) is 29.6. The fraction of sp³-hybridized carbons (Fsp3) is 0.609. The highest BCUT2D eigenvalue weighted by molar-refractivity contribution is 6.02. The molecule has 0 aliphatic carbocycles. The molecule has 3 amide bonds. The van der Waals surface area contributed by atoms with E-state index in [9.17, 15) is 14.4 Å². The van der Waals surface area contributed by atoms with Gasteiger partial charge in [-0.15, -0.1) is 0 Å². The highest BCUT2D eigenvalue weighted by Crippen LogP contribution is 2.32. The second-order valence-electron chi connectivity index (χ2n) is 9.34. The smallest absolute Gasteiger partial charge is 0.255 e. The Hall–Kier alpha value is -2.61. The molecule has 3 unspecified atom stereocenters. The van der Waals surface area contributed by atoms with Crippen molar-refractivity contribution < 1.29 is 14.4 Å². The molecule has 1 aromatic rings. The Morgan fingerprint density at radius 1 is 1.10 bits per heavy atom. The number of anilines is 1. The summed E-state index contributed by atoms with van der Waals surface area (Å²) in [6, 6.07) is 7.42. The van der Waals surface area contributed by atoms with Crippen LogP contribution in [0.25, 0.3) is 0 Å². The zero-order valence-electron chi connectivity index (χ0n) is 18.1. The third kappa shape index (κ3) is 3.67. The molecule has 8 heteroatoms.